The van der Waals surface area contributed by atoms with Gasteiger partial charge in [0.15, 0.2) is 6.79 Å². The van der Waals surface area contributed by atoms with Gasteiger partial charge in [-0.2, -0.15) is 0 Å². The Bertz CT molecular complexity index is 230. The molecule has 80 valence electrons. The number of likely N-dealkylation sites (tertiary alicyclic amines) is 1. The summed E-state index contributed by atoms with van der Waals surface area (Å²) in [7, 11) is 1.39. The van der Waals surface area contributed by atoms with E-state index in [1.54, 1.807) is 0 Å². The maximum absolute atomic E-state index is 11.3. The molecule has 6 heteroatoms. The van der Waals surface area contributed by atoms with Gasteiger partial charge in [0.1, 0.15) is 6.04 Å². The van der Waals surface area contributed by atoms with Gasteiger partial charge >= 0.3 is 12.1 Å². The summed E-state index contributed by atoms with van der Waals surface area (Å²) in [5, 5.41) is 8.78. The second kappa shape index (κ2) is 4.80. The van der Waals surface area contributed by atoms with Crippen LogP contribution in [0.5, 0.6) is 0 Å². The molecule has 0 aliphatic carbocycles. The molecule has 0 aromatic carbocycles. The number of aliphatic carboxylic acids is 1. The molecule has 1 N–H and O–H groups in total. The Morgan fingerprint density at radius 2 is 2.29 bits per heavy atom. The minimum atomic E-state index is -0.989. The van der Waals surface area contributed by atoms with Crippen LogP contribution in [-0.4, -0.2) is 48.6 Å². The van der Waals surface area contributed by atoms with Crippen LogP contribution < -0.4 is 0 Å². The lowest BCUT2D eigenvalue weighted by Crippen LogP contribution is -2.40. The molecule has 0 radical (unpaired) electrons. The summed E-state index contributed by atoms with van der Waals surface area (Å²) in [5.41, 5.74) is 0. The van der Waals surface area contributed by atoms with Gasteiger partial charge in [0.25, 0.3) is 0 Å². The minimum absolute atomic E-state index is 0.151. The first-order chi connectivity index (χ1) is 6.66. The number of hydrogen-bond acceptors (Lipinski definition) is 4. The summed E-state index contributed by atoms with van der Waals surface area (Å²) >= 11 is 0. The maximum atomic E-state index is 11.3. The molecule has 0 saturated carbocycles. The summed E-state index contributed by atoms with van der Waals surface area (Å²) in [6, 6.07) is -0.751. The van der Waals surface area contributed by atoms with E-state index < -0.39 is 18.1 Å². The molecular formula is C8H13NO5. The number of amides is 1. The molecule has 1 unspecified atom stereocenters. The molecule has 6 nitrogen and oxygen atoms in total. The molecule has 1 atom stereocenters. The Hall–Kier alpha value is -1.30. The van der Waals surface area contributed by atoms with Crippen LogP contribution in [0.4, 0.5) is 4.79 Å². The predicted octanol–water partition coefficient (Wildman–Crippen LogP) is 0.276. The first-order valence-corrected chi connectivity index (χ1v) is 4.32. The summed E-state index contributed by atoms with van der Waals surface area (Å²) in [4.78, 5) is 23.2. The largest absolute Gasteiger partial charge is 0.480 e. The highest BCUT2D eigenvalue weighted by molar-refractivity contribution is 5.80. The van der Waals surface area contributed by atoms with Crippen molar-refractivity contribution in [3.8, 4) is 0 Å². The molecule has 1 amide bonds. The zero-order valence-electron chi connectivity index (χ0n) is 7.93. The number of carboxylic acid groups (broad SMARTS) is 1. The lowest BCUT2D eigenvalue weighted by atomic mass is 10.2. The molecule has 0 aromatic heterocycles. The van der Waals surface area contributed by atoms with E-state index in [9.17, 15) is 9.59 Å². The normalized spacial score (nSPS) is 20.9. The van der Waals surface area contributed by atoms with Crippen molar-refractivity contribution in [1.82, 2.24) is 4.90 Å². The highest BCUT2D eigenvalue weighted by atomic mass is 16.7. The summed E-state index contributed by atoms with van der Waals surface area (Å²) in [6.45, 7) is 0.279. The molecule has 1 heterocycles. The molecule has 1 fully saturated rings. The van der Waals surface area contributed by atoms with Gasteiger partial charge in [0, 0.05) is 13.7 Å². The van der Waals surface area contributed by atoms with Crippen LogP contribution in [0.3, 0.4) is 0 Å². The van der Waals surface area contributed by atoms with E-state index >= 15 is 0 Å². The lowest BCUT2D eigenvalue weighted by molar-refractivity contribution is -0.142. The number of methoxy groups -OCH3 is 1. The minimum Gasteiger partial charge on any atom is -0.480 e. The average Bonchev–Trinajstić information content (AvgIpc) is 2.62. The zero-order valence-corrected chi connectivity index (χ0v) is 7.93. The van der Waals surface area contributed by atoms with E-state index in [4.69, 9.17) is 5.11 Å². The third-order valence-corrected chi connectivity index (χ3v) is 2.07. The van der Waals surface area contributed by atoms with Gasteiger partial charge in [0.05, 0.1) is 0 Å². The Kier molecular flexibility index (Phi) is 3.70. The van der Waals surface area contributed by atoms with Crippen molar-refractivity contribution in [1.29, 1.82) is 0 Å². The zero-order chi connectivity index (χ0) is 10.6. The third kappa shape index (κ3) is 2.35. The first-order valence-electron chi connectivity index (χ1n) is 4.32. The Morgan fingerprint density at radius 1 is 1.57 bits per heavy atom. The van der Waals surface area contributed by atoms with Crippen LogP contribution in [0.15, 0.2) is 0 Å². The van der Waals surface area contributed by atoms with E-state index in [-0.39, 0.29) is 6.79 Å². The van der Waals surface area contributed by atoms with Gasteiger partial charge in [-0.25, -0.2) is 9.59 Å². The van der Waals surface area contributed by atoms with Crippen LogP contribution in [0.25, 0.3) is 0 Å². The quantitative estimate of drug-likeness (QED) is 0.666. The smallest absolute Gasteiger partial charge is 0.412 e. The Morgan fingerprint density at radius 3 is 2.86 bits per heavy atom. The van der Waals surface area contributed by atoms with Crippen LogP contribution >= 0.6 is 0 Å². The van der Waals surface area contributed by atoms with Gasteiger partial charge < -0.3 is 14.6 Å². The third-order valence-electron chi connectivity index (χ3n) is 2.07. The van der Waals surface area contributed by atoms with Crippen molar-refractivity contribution in [3.63, 3.8) is 0 Å². The van der Waals surface area contributed by atoms with Crippen molar-refractivity contribution in [2.45, 2.75) is 18.9 Å². The van der Waals surface area contributed by atoms with Crippen LogP contribution in [0.2, 0.25) is 0 Å². The number of carbonyl (C=O) groups is 2. The van der Waals surface area contributed by atoms with Crippen molar-refractivity contribution >= 4 is 12.1 Å². The number of carbonyl (C=O) groups excluding carboxylic acids is 1. The standard InChI is InChI=1S/C8H13NO5/c1-13-5-14-8(12)9-4-2-3-6(9)7(10)11/h6H,2-5H2,1H3,(H,10,11). The number of carboxylic acids is 1. The number of hydrogen-bond donors (Lipinski definition) is 1. The number of rotatable bonds is 3. The summed E-state index contributed by atoms with van der Waals surface area (Å²) in [5.74, 6) is -0.989. The molecule has 0 bridgehead atoms. The predicted molar refractivity (Wildman–Crippen MR) is 45.7 cm³/mol. The van der Waals surface area contributed by atoms with Crippen molar-refractivity contribution < 1.29 is 24.2 Å². The van der Waals surface area contributed by atoms with Gasteiger partial charge in [-0.1, -0.05) is 0 Å². The number of nitrogens with zero attached hydrogens (tertiary/aromatic N) is 1. The fourth-order valence-corrected chi connectivity index (χ4v) is 1.43. The molecule has 1 rings (SSSR count). The monoisotopic (exact) mass is 203 g/mol. The van der Waals surface area contributed by atoms with Crippen molar-refractivity contribution in [3.05, 3.63) is 0 Å². The van der Waals surface area contributed by atoms with E-state index in [0.717, 1.165) is 0 Å². The topological polar surface area (TPSA) is 76.1 Å². The average molecular weight is 203 g/mol. The second-order valence-corrected chi connectivity index (χ2v) is 3.01. The van der Waals surface area contributed by atoms with E-state index in [0.29, 0.717) is 19.4 Å². The number of ether oxygens (including phenoxy) is 2. The molecular weight excluding hydrogens is 190 g/mol. The second-order valence-electron chi connectivity index (χ2n) is 3.01. The highest BCUT2D eigenvalue weighted by Gasteiger charge is 2.34. The van der Waals surface area contributed by atoms with Crippen molar-refractivity contribution in [2.75, 3.05) is 20.4 Å². The first kappa shape index (κ1) is 10.8. The molecule has 1 aliphatic rings. The van der Waals surface area contributed by atoms with E-state index in [2.05, 4.69) is 9.47 Å². The maximum Gasteiger partial charge on any atom is 0.412 e. The van der Waals surface area contributed by atoms with Crippen molar-refractivity contribution in [2.24, 2.45) is 0 Å². The van der Waals surface area contributed by atoms with Gasteiger partial charge in [-0.15, -0.1) is 0 Å². The van der Waals surface area contributed by atoms with E-state index in [1.165, 1.54) is 12.0 Å². The lowest BCUT2D eigenvalue weighted by Gasteiger charge is -2.20. The van der Waals surface area contributed by atoms with Crippen LogP contribution in [-0.2, 0) is 14.3 Å². The fraction of sp³-hybridized carbons (Fsp3) is 0.750. The molecule has 0 spiro atoms. The molecule has 14 heavy (non-hydrogen) atoms. The SMILES string of the molecule is COCOC(=O)N1CCCC1C(=O)O. The highest BCUT2D eigenvalue weighted by Crippen LogP contribution is 2.18. The summed E-state index contributed by atoms with van der Waals surface area (Å²) in [6.07, 6.45) is 0.549. The van der Waals surface area contributed by atoms with Crippen LogP contribution in [0, 0.1) is 0 Å². The molecule has 0 aromatic rings. The van der Waals surface area contributed by atoms with Gasteiger partial charge in [-0.3, -0.25) is 4.90 Å². The van der Waals surface area contributed by atoms with Gasteiger partial charge in [-0.05, 0) is 12.8 Å². The van der Waals surface area contributed by atoms with Crippen LogP contribution in [0.1, 0.15) is 12.8 Å². The Balaban J connectivity index is 2.49. The summed E-state index contributed by atoms with van der Waals surface area (Å²) < 4.78 is 9.21. The fourth-order valence-electron chi connectivity index (χ4n) is 1.43. The molecule has 1 aliphatic heterocycles. The van der Waals surface area contributed by atoms with Gasteiger partial charge in [0.2, 0.25) is 0 Å². The Labute approximate surface area is 81.4 Å². The molecule has 1 saturated heterocycles. The van der Waals surface area contributed by atoms with E-state index in [1.807, 2.05) is 0 Å².